The molecule has 5 rings (SSSR count). The lowest BCUT2D eigenvalue weighted by Crippen LogP contribution is -2.38. The number of hydrogen-bond acceptors (Lipinski definition) is 6. The highest BCUT2D eigenvalue weighted by Crippen LogP contribution is 2.60. The van der Waals surface area contributed by atoms with Crippen LogP contribution in [0.25, 0.3) is 0 Å². The molecule has 2 heterocycles. The summed E-state index contributed by atoms with van der Waals surface area (Å²) in [6, 6.07) is 29.4. The first-order valence-corrected chi connectivity index (χ1v) is 16.1. The summed E-state index contributed by atoms with van der Waals surface area (Å²) in [5, 5.41) is 0. The third kappa shape index (κ3) is 6.03. The summed E-state index contributed by atoms with van der Waals surface area (Å²) in [5.74, 6) is 0. The van der Waals surface area contributed by atoms with E-state index in [0.717, 1.165) is 16.7 Å². The summed E-state index contributed by atoms with van der Waals surface area (Å²) >= 11 is 11.6. The van der Waals surface area contributed by atoms with Crippen LogP contribution in [0.3, 0.4) is 0 Å². The Kier molecular flexibility index (Phi) is 8.47. The number of hydrogen-bond donors (Lipinski definition) is 1. The largest absolute Gasteiger partial charge is 0.380 e. The van der Waals surface area contributed by atoms with Crippen LogP contribution in [0.15, 0.2) is 107 Å². The Morgan fingerprint density at radius 1 is 0.925 bits per heavy atom. The summed E-state index contributed by atoms with van der Waals surface area (Å²) in [6.07, 6.45) is -5.00. The molecule has 1 saturated heterocycles. The predicted molar refractivity (Wildman–Crippen MR) is 154 cm³/mol. The van der Waals surface area contributed by atoms with Gasteiger partial charge in [-0.05, 0) is 46.1 Å². The molecule has 40 heavy (non-hydrogen) atoms. The molecule has 3 atom stereocenters. The van der Waals surface area contributed by atoms with Gasteiger partial charge in [-0.15, -0.1) is 0 Å². The molecule has 1 N–H and O–H groups in total. The van der Waals surface area contributed by atoms with E-state index in [9.17, 15) is 14.2 Å². The summed E-state index contributed by atoms with van der Waals surface area (Å²) in [4.78, 5) is 26.8. The van der Waals surface area contributed by atoms with E-state index in [1.807, 2.05) is 91.0 Å². The maximum Gasteiger partial charge on any atom is 0.380 e. The van der Waals surface area contributed by atoms with Crippen LogP contribution in [0, 0.1) is 6.92 Å². The number of benzene rings is 3. The third-order valence-electron chi connectivity index (χ3n) is 6.90. The minimum absolute atomic E-state index is 0.0370. The molecule has 1 aliphatic heterocycles. The fraction of sp³-hybridized carbons (Fsp3) is 0.241. The van der Waals surface area contributed by atoms with Gasteiger partial charge in [0.2, 0.25) is 0 Å². The maximum atomic E-state index is 12.6. The number of nitrogens with one attached hydrogen (secondary N) is 1. The highest BCUT2D eigenvalue weighted by molar-refractivity contribution is 8.05. The summed E-state index contributed by atoms with van der Waals surface area (Å²) < 4.78 is 32.2. The maximum absolute atomic E-state index is 12.6. The van der Waals surface area contributed by atoms with E-state index >= 15 is 0 Å². The molecule has 0 saturated carbocycles. The number of aromatic amines is 1. The van der Waals surface area contributed by atoms with Gasteiger partial charge in [0, 0.05) is 18.2 Å². The molecule has 0 radical (unpaired) electrons. The minimum atomic E-state index is -3.97. The van der Waals surface area contributed by atoms with Crippen LogP contribution in [0.2, 0.25) is 0 Å². The van der Waals surface area contributed by atoms with Crippen molar-refractivity contribution in [3.05, 3.63) is 140 Å². The average molecular weight is 601 g/mol. The van der Waals surface area contributed by atoms with Crippen molar-refractivity contribution in [3.8, 4) is 0 Å². The molecule has 1 fully saturated rings. The van der Waals surface area contributed by atoms with E-state index in [4.69, 9.17) is 36.5 Å². The first kappa shape index (κ1) is 28.6. The van der Waals surface area contributed by atoms with Crippen molar-refractivity contribution in [3.63, 3.8) is 0 Å². The van der Waals surface area contributed by atoms with E-state index in [2.05, 4.69) is 4.98 Å². The number of aromatic nitrogens is 2. The molecule has 0 amide bonds. The Morgan fingerprint density at radius 2 is 1.43 bits per heavy atom. The smallest absolute Gasteiger partial charge is 0.358 e. The normalized spacial score (nSPS) is 19.5. The first-order chi connectivity index (χ1) is 19.2. The zero-order chi connectivity index (χ0) is 28.3. The molecule has 1 aromatic heterocycles. The van der Waals surface area contributed by atoms with Crippen LogP contribution in [0.4, 0.5) is 0 Å². The van der Waals surface area contributed by atoms with Crippen LogP contribution < -0.4 is 11.2 Å². The number of nitrogens with zero attached hydrogens (tertiary/aromatic N) is 1. The molecule has 0 aliphatic carbocycles. The Morgan fingerprint density at radius 3 is 1.90 bits per heavy atom. The number of aryl methyl sites for hydroxylation is 1. The van der Waals surface area contributed by atoms with Gasteiger partial charge in [-0.3, -0.25) is 23.4 Å². The van der Waals surface area contributed by atoms with Gasteiger partial charge in [0.1, 0.15) is 24.0 Å². The highest BCUT2D eigenvalue weighted by Gasteiger charge is 2.44. The molecule has 8 nitrogen and oxygen atoms in total. The molecule has 208 valence electrons. The molecule has 11 heteroatoms. The second-order valence-electron chi connectivity index (χ2n) is 9.49. The van der Waals surface area contributed by atoms with Crippen molar-refractivity contribution in [1.29, 1.82) is 0 Å². The fourth-order valence-corrected chi connectivity index (χ4v) is 6.22. The summed E-state index contributed by atoms with van der Waals surface area (Å²) in [7, 11) is 0. The van der Waals surface area contributed by atoms with E-state index in [1.165, 1.54) is 10.8 Å². The molecule has 0 unspecified atom stereocenters. The van der Waals surface area contributed by atoms with Gasteiger partial charge in [-0.1, -0.05) is 91.0 Å². The number of halogens is 2. The van der Waals surface area contributed by atoms with Crippen LogP contribution in [0.5, 0.6) is 0 Å². The monoisotopic (exact) mass is 600 g/mol. The predicted octanol–water partition coefficient (Wildman–Crippen LogP) is 6.11. The Balaban J connectivity index is 1.55. The minimum Gasteiger partial charge on any atom is -0.358 e. The second kappa shape index (κ2) is 11.9. The molecular formula is C29H27Cl2N2O6P. The second-order valence-corrected chi connectivity index (χ2v) is 13.7. The van der Waals surface area contributed by atoms with Gasteiger partial charge in [0.05, 0.1) is 6.61 Å². The van der Waals surface area contributed by atoms with Crippen molar-refractivity contribution >= 4 is 28.6 Å². The van der Waals surface area contributed by atoms with Crippen molar-refractivity contribution < 1.29 is 18.6 Å². The molecule has 3 aromatic carbocycles. The molecular weight excluding hydrogens is 574 g/mol. The molecule has 0 bridgehead atoms. The standard InChI is InChI=1S/C29H27Cl2N2O6P/c1-20-18-33(28(35)32-27(20)34)26-17-24(39-40(30,31)36)25(38-26)19-37-29(21-11-5-2-6-12-21,22-13-7-3-8-14-22)23-15-9-4-10-16-23/h2-16,18,24-26H,17,19H2,1H3,(H,32,34,35)/t24-,25+,26+/m0/s1. The van der Waals surface area contributed by atoms with E-state index in [0.29, 0.717) is 5.56 Å². The number of rotatable bonds is 9. The molecule has 1 aliphatic rings. The first-order valence-electron chi connectivity index (χ1n) is 12.6. The zero-order valence-corrected chi connectivity index (χ0v) is 23.9. The lowest BCUT2D eigenvalue weighted by Gasteiger charge is -2.37. The van der Waals surface area contributed by atoms with E-state index < -0.39 is 41.4 Å². The van der Waals surface area contributed by atoms with Gasteiger partial charge in [0.25, 0.3) is 5.56 Å². The van der Waals surface area contributed by atoms with Crippen LogP contribution >= 0.6 is 28.6 Å². The number of H-pyrrole nitrogens is 1. The zero-order valence-electron chi connectivity index (χ0n) is 21.5. The van der Waals surface area contributed by atoms with Crippen LogP contribution in [-0.4, -0.2) is 28.4 Å². The fourth-order valence-electron chi connectivity index (χ4n) is 5.07. The lowest BCUT2D eigenvalue weighted by atomic mass is 9.80. The van der Waals surface area contributed by atoms with Gasteiger partial charge < -0.3 is 9.47 Å². The van der Waals surface area contributed by atoms with E-state index in [1.54, 1.807) is 6.92 Å². The Bertz CT molecular complexity index is 1510. The third-order valence-corrected chi connectivity index (χ3v) is 7.89. The number of ether oxygens (including phenoxy) is 2. The lowest BCUT2D eigenvalue weighted by molar-refractivity contribution is -0.0910. The van der Waals surface area contributed by atoms with Crippen molar-refractivity contribution in [2.75, 3.05) is 6.61 Å². The van der Waals surface area contributed by atoms with Crippen LogP contribution in [0.1, 0.15) is 34.9 Å². The van der Waals surface area contributed by atoms with Gasteiger partial charge in [-0.25, -0.2) is 4.79 Å². The van der Waals surface area contributed by atoms with Crippen molar-refractivity contribution in [2.24, 2.45) is 0 Å². The van der Waals surface area contributed by atoms with Gasteiger partial charge in [0.15, 0.2) is 0 Å². The van der Waals surface area contributed by atoms with Crippen LogP contribution in [-0.2, 0) is 24.2 Å². The highest BCUT2D eigenvalue weighted by atomic mass is 35.9. The topological polar surface area (TPSA) is 99.6 Å². The van der Waals surface area contributed by atoms with Gasteiger partial charge in [-0.2, -0.15) is 0 Å². The van der Waals surface area contributed by atoms with Crippen molar-refractivity contribution in [2.45, 2.75) is 37.4 Å². The SMILES string of the molecule is Cc1cn([C@H]2C[C@H](OP(=O)(Cl)Cl)[C@@H](COC(c3ccccc3)(c3ccccc3)c3ccccc3)O2)c(=O)[nH]c1=O. The van der Waals surface area contributed by atoms with E-state index in [-0.39, 0.29) is 13.0 Å². The van der Waals surface area contributed by atoms with Crippen molar-refractivity contribution in [1.82, 2.24) is 9.55 Å². The summed E-state index contributed by atoms with van der Waals surface area (Å²) in [5.41, 5.74) is 0.792. The molecule has 0 spiro atoms. The Hall–Kier alpha value is -2.97. The molecule has 4 aromatic rings. The average Bonchev–Trinajstić information content (AvgIpc) is 3.33. The Labute approximate surface area is 240 Å². The summed E-state index contributed by atoms with van der Waals surface area (Å²) in [6.45, 7) is 1.54. The quantitative estimate of drug-likeness (QED) is 0.184. The van der Waals surface area contributed by atoms with Gasteiger partial charge >= 0.3 is 11.8 Å².